The number of aliphatic hydroxyl groups excluding tert-OH is 1. The molecule has 0 amide bonds. The van der Waals surface area contributed by atoms with E-state index >= 15 is 0 Å². The van der Waals surface area contributed by atoms with Crippen LogP contribution in [0.2, 0.25) is 0 Å². The van der Waals surface area contributed by atoms with E-state index in [0.717, 1.165) is 24.8 Å². The van der Waals surface area contributed by atoms with Crippen LogP contribution in [0.4, 0.5) is 0 Å². The Labute approximate surface area is 300 Å². The number of carbonyl (C=O) groups is 4. The molecule has 17 heteroatoms. The predicted octanol–water partition coefficient (Wildman–Crippen LogP) is 1.61. The van der Waals surface area contributed by atoms with Crippen molar-refractivity contribution in [2.75, 3.05) is 6.61 Å². The number of carboxylic acid groups (broad SMARTS) is 2. The minimum absolute atomic E-state index is 0.0127. The Morgan fingerprint density at radius 3 is 2.49 bits per heavy atom. The second-order valence-corrected chi connectivity index (χ2v) is 15.9. The van der Waals surface area contributed by atoms with Crippen LogP contribution in [0.25, 0.3) is 0 Å². The summed E-state index contributed by atoms with van der Waals surface area (Å²) >= 11 is 0.0127. The van der Waals surface area contributed by atoms with Crippen molar-refractivity contribution in [3.05, 3.63) is 12.2 Å². The number of aliphatic hydroxyl groups is 1. The Balaban J connectivity index is 1.44. The number of carbonyl (C=O) groups excluding carboxylic acids is 2. The van der Waals surface area contributed by atoms with Gasteiger partial charge in [0.25, 0.3) is 0 Å². The van der Waals surface area contributed by atoms with E-state index in [4.69, 9.17) is 28.2 Å². The first-order valence-corrected chi connectivity index (χ1v) is 18.2. The van der Waals surface area contributed by atoms with E-state index < -0.39 is 103 Å². The highest BCUT2D eigenvalue weighted by Gasteiger charge is 2.67. The summed E-state index contributed by atoms with van der Waals surface area (Å²) in [6.07, 6.45) is -6.32. The number of esters is 2. The molecule has 5 rings (SSSR count). The number of aliphatic carboxylic acids is 2. The Hall–Kier alpha value is -2.35. The second-order valence-electron chi connectivity index (χ2n) is 15.4. The summed E-state index contributed by atoms with van der Waals surface area (Å²) < 4.78 is 33.1. The number of hydrogen-bond donors (Lipinski definition) is 3. The first-order chi connectivity index (χ1) is 24.1. The first-order valence-electron chi connectivity index (χ1n) is 17.5. The van der Waals surface area contributed by atoms with Crippen LogP contribution in [0.1, 0.15) is 85.0 Å². The molecule has 4 saturated carbocycles. The quantitative estimate of drug-likeness (QED) is 0.0410. The first kappa shape index (κ1) is 39.8. The van der Waals surface area contributed by atoms with E-state index in [1.54, 1.807) is 13.8 Å². The van der Waals surface area contributed by atoms with Gasteiger partial charge in [0.05, 0.1) is 37.1 Å². The largest absolute Gasteiger partial charge is 0.848 e. The molecular formula is C34H48O16S-2. The number of fused-ring (bicyclic) bond motifs is 3. The standard InChI is InChI=1S/C34H49O16S/c1-16(2)11-26(38)47-29-28(48-51-50-49-43)27(39)22(15-44-25(37)8-7-24(35)36)46-32(29)45-19-12-20(31(41)42)21-9-10-34-13-18(17(3)30(34)40)5-6-23(34)33(21,4)14-19/h16,18-23,27-30,32,40,43H,3,5-15H2,1-2,4H3,(H,35,36)(H,41,42)/q-1/p-1/t18?,19?,20?,21?,22-,23?,27+,28-,29?,30-,32+,33?,34?/m0/s1. The average Bonchev–Trinajstić information content (AvgIpc) is 3.23. The maximum Gasteiger partial charge on any atom is 0.306 e. The minimum Gasteiger partial charge on any atom is -0.848 e. The predicted molar refractivity (Wildman–Crippen MR) is 169 cm³/mol. The highest BCUT2D eigenvalue weighted by Crippen LogP contribution is 2.70. The van der Waals surface area contributed by atoms with Crippen molar-refractivity contribution in [2.24, 2.45) is 40.4 Å². The van der Waals surface area contributed by atoms with Crippen molar-refractivity contribution in [3.63, 3.8) is 0 Å². The van der Waals surface area contributed by atoms with Gasteiger partial charge in [0.1, 0.15) is 12.7 Å². The molecule has 51 heavy (non-hydrogen) atoms. The van der Waals surface area contributed by atoms with E-state index in [-0.39, 0.29) is 48.8 Å². The van der Waals surface area contributed by atoms with Crippen LogP contribution < -0.4 is 10.4 Å². The van der Waals surface area contributed by atoms with Crippen molar-refractivity contribution in [1.29, 1.82) is 0 Å². The van der Waals surface area contributed by atoms with Gasteiger partial charge in [-0.05, 0) is 79.6 Å². The topological polar surface area (TPSA) is 240 Å². The van der Waals surface area contributed by atoms with E-state index in [9.17, 15) is 39.8 Å². The number of hydrogen-bond acceptors (Lipinski definition) is 15. The van der Waals surface area contributed by atoms with Crippen LogP contribution in [0.5, 0.6) is 0 Å². The van der Waals surface area contributed by atoms with Gasteiger partial charge in [0, 0.05) is 11.8 Å². The second kappa shape index (κ2) is 16.3. The molecule has 5 fully saturated rings. The van der Waals surface area contributed by atoms with Crippen LogP contribution in [0.15, 0.2) is 12.2 Å². The Bertz CT molecular complexity index is 1310. The third-order valence-electron chi connectivity index (χ3n) is 12.0. The normalized spacial score (nSPS) is 40.3. The number of ether oxygens (including phenoxy) is 4. The van der Waals surface area contributed by atoms with Crippen LogP contribution >= 0.6 is 12.3 Å². The van der Waals surface area contributed by atoms with Gasteiger partial charge in [0.2, 0.25) is 0 Å². The van der Waals surface area contributed by atoms with E-state index in [0.29, 0.717) is 19.3 Å². The molecule has 16 nitrogen and oxygen atoms in total. The molecule has 13 atom stereocenters. The third-order valence-corrected chi connectivity index (χ3v) is 12.4. The molecule has 0 aromatic carbocycles. The lowest BCUT2D eigenvalue weighted by atomic mass is 9.43. The molecule has 0 aromatic heterocycles. The number of carboxylic acids is 2. The molecule has 1 spiro atoms. The fraction of sp³-hybridized carbons (Fsp3) is 0.824. The van der Waals surface area contributed by atoms with Crippen molar-refractivity contribution in [2.45, 2.75) is 128 Å². The zero-order valence-corrected chi connectivity index (χ0v) is 29.8. The van der Waals surface area contributed by atoms with Gasteiger partial charge < -0.3 is 44.6 Å². The van der Waals surface area contributed by atoms with E-state index in [1.807, 2.05) is 0 Å². The van der Waals surface area contributed by atoms with Gasteiger partial charge in [-0.1, -0.05) is 33.5 Å². The zero-order valence-electron chi connectivity index (χ0n) is 29.0. The van der Waals surface area contributed by atoms with Crippen molar-refractivity contribution >= 4 is 36.2 Å². The van der Waals surface area contributed by atoms with Crippen molar-refractivity contribution in [1.82, 2.24) is 0 Å². The highest BCUT2D eigenvalue weighted by molar-refractivity contribution is 7.89. The molecule has 1 saturated heterocycles. The summed E-state index contributed by atoms with van der Waals surface area (Å²) in [4.78, 5) is 49.0. The monoisotopic (exact) mass is 744 g/mol. The smallest absolute Gasteiger partial charge is 0.306 e. The summed E-state index contributed by atoms with van der Waals surface area (Å²) in [7, 11) is 0. The summed E-state index contributed by atoms with van der Waals surface area (Å²) in [6, 6.07) is 0. The molecule has 4 aliphatic carbocycles. The molecule has 5 aliphatic rings. The third kappa shape index (κ3) is 8.26. The van der Waals surface area contributed by atoms with Gasteiger partial charge in [-0.3, -0.25) is 28.4 Å². The highest BCUT2D eigenvalue weighted by atomic mass is 32.2. The van der Waals surface area contributed by atoms with Gasteiger partial charge >= 0.3 is 23.9 Å². The molecule has 2 bridgehead atoms. The van der Waals surface area contributed by atoms with Crippen molar-refractivity contribution < 1.29 is 77.4 Å². The molecule has 1 heterocycles. The maximum atomic E-state index is 13.7. The molecule has 1 aliphatic heterocycles. The van der Waals surface area contributed by atoms with Crippen LogP contribution in [0, 0.1) is 40.4 Å². The molecule has 288 valence electrons. The minimum atomic E-state index is -1.91. The fourth-order valence-electron chi connectivity index (χ4n) is 9.94. The van der Waals surface area contributed by atoms with Gasteiger partial charge in [-0.2, -0.15) is 0 Å². The van der Waals surface area contributed by atoms with E-state index in [2.05, 4.69) is 22.9 Å². The van der Waals surface area contributed by atoms with Crippen LogP contribution in [-0.2, 0) is 51.7 Å². The molecule has 0 radical (unpaired) electrons. The Morgan fingerprint density at radius 1 is 1.08 bits per heavy atom. The zero-order chi connectivity index (χ0) is 37.2. The molecule has 3 N–H and O–H groups in total. The summed E-state index contributed by atoms with van der Waals surface area (Å²) in [6.45, 7) is 9.21. The maximum absolute atomic E-state index is 13.7. The fourth-order valence-corrected chi connectivity index (χ4v) is 10.3. The number of rotatable bonds is 15. The van der Waals surface area contributed by atoms with Crippen LogP contribution in [0.3, 0.4) is 0 Å². The lowest BCUT2D eigenvalue weighted by Gasteiger charge is -2.62. The Kier molecular flexibility index (Phi) is 12.8. The summed E-state index contributed by atoms with van der Waals surface area (Å²) in [5.41, 5.74) is -0.154. The summed E-state index contributed by atoms with van der Waals surface area (Å²) in [5, 5.41) is 58.5. The molecule has 8 unspecified atom stereocenters. The van der Waals surface area contributed by atoms with Gasteiger partial charge in [-0.15, -0.1) is 4.33 Å². The Morgan fingerprint density at radius 2 is 1.82 bits per heavy atom. The lowest BCUT2D eigenvalue weighted by molar-refractivity contribution is -0.777. The summed E-state index contributed by atoms with van der Waals surface area (Å²) in [5.74, 6) is -4.75. The van der Waals surface area contributed by atoms with Gasteiger partial charge in [-0.25, -0.2) is 0 Å². The SMILES string of the molecule is C=C1C2CCC3C4(C)CC(O[C@@H]5O[C@@H](COC(=O)CCC(=O)O)[C@@H]([O-])[C@H](OSOO[O-])C5OC(=O)CC(C)C)CC(C(=O)O)C4CCC3(C2)[C@H]1O. The molecular weight excluding hydrogens is 696 g/mol. The van der Waals surface area contributed by atoms with Crippen LogP contribution in [-0.4, -0.2) is 88.7 Å². The average molecular weight is 745 g/mol. The molecule has 0 aromatic rings. The van der Waals surface area contributed by atoms with Crippen molar-refractivity contribution in [3.8, 4) is 0 Å². The lowest BCUT2D eigenvalue weighted by Crippen LogP contribution is -2.66. The van der Waals surface area contributed by atoms with Gasteiger partial charge in [0.15, 0.2) is 24.7 Å². The van der Waals surface area contributed by atoms with E-state index in [1.165, 1.54) is 0 Å².